The maximum absolute atomic E-state index is 11.4. The maximum atomic E-state index is 11.4. The minimum atomic E-state index is -3.12. The molecule has 1 aliphatic heterocycles. The van der Waals surface area contributed by atoms with Gasteiger partial charge in [-0.2, -0.15) is 0 Å². The largest absolute Gasteiger partial charge is 0.385 e. The first-order valence-electron chi connectivity index (χ1n) is 7.11. The van der Waals surface area contributed by atoms with Gasteiger partial charge in [-0.3, -0.25) is 4.90 Å². The molecule has 0 aliphatic carbocycles. The van der Waals surface area contributed by atoms with Crippen LogP contribution in [0, 0.1) is 0 Å². The number of morpholine rings is 1. The molecular weight excluding hydrogens is 290 g/mol. The standard InChI is InChI=1S/C15H23NO4S/c1-19-9-7-14-12-16(8-10-20-14)11-13-3-5-15(6-4-13)21(2,17)18/h3-6,14H,7-12H2,1-2H3/t14-/m1/s1. The van der Waals surface area contributed by atoms with Gasteiger partial charge in [-0.25, -0.2) is 8.42 Å². The van der Waals surface area contributed by atoms with Crippen LogP contribution in [0.25, 0.3) is 0 Å². The fraction of sp³-hybridized carbons (Fsp3) is 0.600. The Labute approximate surface area is 126 Å². The van der Waals surface area contributed by atoms with Crippen LogP contribution >= 0.6 is 0 Å². The van der Waals surface area contributed by atoms with Gasteiger partial charge in [0, 0.05) is 39.6 Å². The smallest absolute Gasteiger partial charge is 0.175 e. The minimum Gasteiger partial charge on any atom is -0.385 e. The minimum absolute atomic E-state index is 0.217. The van der Waals surface area contributed by atoms with Gasteiger partial charge in [0.2, 0.25) is 0 Å². The summed E-state index contributed by atoms with van der Waals surface area (Å²) in [7, 11) is -1.42. The highest BCUT2D eigenvalue weighted by atomic mass is 32.2. The van der Waals surface area contributed by atoms with Crippen molar-refractivity contribution in [1.29, 1.82) is 0 Å². The lowest BCUT2D eigenvalue weighted by Gasteiger charge is -2.32. The van der Waals surface area contributed by atoms with E-state index in [1.165, 1.54) is 6.26 Å². The van der Waals surface area contributed by atoms with Gasteiger partial charge < -0.3 is 9.47 Å². The molecule has 0 radical (unpaired) electrons. The highest BCUT2D eigenvalue weighted by Crippen LogP contribution is 2.15. The number of nitrogens with zero attached hydrogens (tertiary/aromatic N) is 1. The van der Waals surface area contributed by atoms with Crippen molar-refractivity contribution in [3.8, 4) is 0 Å². The van der Waals surface area contributed by atoms with Gasteiger partial charge >= 0.3 is 0 Å². The van der Waals surface area contributed by atoms with Crippen molar-refractivity contribution in [2.45, 2.75) is 24.0 Å². The molecule has 0 amide bonds. The first kappa shape index (κ1) is 16.4. The lowest BCUT2D eigenvalue weighted by atomic mass is 10.1. The molecule has 1 heterocycles. The summed E-state index contributed by atoms with van der Waals surface area (Å²) in [5.74, 6) is 0. The molecule has 1 fully saturated rings. The third-order valence-corrected chi connectivity index (χ3v) is 4.75. The van der Waals surface area contributed by atoms with E-state index in [4.69, 9.17) is 9.47 Å². The van der Waals surface area contributed by atoms with Crippen molar-refractivity contribution < 1.29 is 17.9 Å². The van der Waals surface area contributed by atoms with Crippen molar-refractivity contribution in [3.05, 3.63) is 29.8 Å². The molecule has 1 aromatic rings. The predicted molar refractivity (Wildman–Crippen MR) is 81.1 cm³/mol. The van der Waals surface area contributed by atoms with Gasteiger partial charge in [0.15, 0.2) is 9.84 Å². The molecule has 0 saturated carbocycles. The van der Waals surface area contributed by atoms with Crippen LogP contribution in [0.2, 0.25) is 0 Å². The van der Waals surface area contributed by atoms with Crippen LogP contribution in [0.5, 0.6) is 0 Å². The average molecular weight is 313 g/mol. The molecule has 1 atom stereocenters. The summed E-state index contributed by atoms with van der Waals surface area (Å²) in [5, 5.41) is 0. The summed E-state index contributed by atoms with van der Waals surface area (Å²) in [6.07, 6.45) is 2.35. The Bertz CT molecular complexity index is 541. The van der Waals surface area contributed by atoms with E-state index < -0.39 is 9.84 Å². The molecule has 0 N–H and O–H groups in total. The first-order chi connectivity index (χ1) is 9.99. The van der Waals surface area contributed by atoms with Crippen molar-refractivity contribution >= 4 is 9.84 Å². The average Bonchev–Trinajstić information content (AvgIpc) is 2.45. The van der Waals surface area contributed by atoms with E-state index in [2.05, 4.69) is 4.90 Å². The molecule has 1 aromatic carbocycles. The first-order valence-corrected chi connectivity index (χ1v) is 9.00. The van der Waals surface area contributed by atoms with Crippen LogP contribution in [0.1, 0.15) is 12.0 Å². The fourth-order valence-corrected chi connectivity index (χ4v) is 3.08. The zero-order valence-electron chi connectivity index (χ0n) is 12.6. The topological polar surface area (TPSA) is 55.8 Å². The second-order valence-corrected chi connectivity index (χ2v) is 7.44. The number of rotatable bonds is 6. The molecule has 2 rings (SSSR count). The van der Waals surface area contributed by atoms with Gasteiger partial charge in [0.25, 0.3) is 0 Å². The van der Waals surface area contributed by atoms with E-state index >= 15 is 0 Å². The maximum Gasteiger partial charge on any atom is 0.175 e. The van der Waals surface area contributed by atoms with E-state index in [1.807, 2.05) is 12.1 Å². The van der Waals surface area contributed by atoms with Crippen LogP contribution in [-0.2, 0) is 25.9 Å². The molecular formula is C15H23NO4S. The molecule has 1 aliphatic rings. The zero-order chi connectivity index (χ0) is 15.3. The molecule has 6 heteroatoms. The molecule has 118 valence electrons. The Morgan fingerprint density at radius 1 is 1.33 bits per heavy atom. The Kier molecular flexibility index (Phi) is 5.75. The molecule has 0 unspecified atom stereocenters. The number of ether oxygens (including phenoxy) is 2. The quantitative estimate of drug-likeness (QED) is 0.793. The zero-order valence-corrected chi connectivity index (χ0v) is 13.4. The molecule has 1 saturated heterocycles. The van der Waals surface area contributed by atoms with Crippen LogP contribution < -0.4 is 0 Å². The van der Waals surface area contributed by atoms with E-state index in [-0.39, 0.29) is 6.10 Å². The van der Waals surface area contributed by atoms with Gasteiger partial charge in [0.1, 0.15) is 0 Å². The Morgan fingerprint density at radius 3 is 2.67 bits per heavy atom. The Morgan fingerprint density at radius 2 is 2.05 bits per heavy atom. The number of hydrogen-bond donors (Lipinski definition) is 0. The summed E-state index contributed by atoms with van der Waals surface area (Å²) >= 11 is 0. The summed E-state index contributed by atoms with van der Waals surface area (Å²) in [6, 6.07) is 7.12. The number of sulfone groups is 1. The lowest BCUT2D eigenvalue weighted by molar-refractivity contribution is -0.0432. The van der Waals surface area contributed by atoms with Gasteiger partial charge in [-0.05, 0) is 24.1 Å². The summed E-state index contributed by atoms with van der Waals surface area (Å²) in [5.41, 5.74) is 1.12. The molecule has 21 heavy (non-hydrogen) atoms. The Hall–Kier alpha value is -0.950. The highest BCUT2D eigenvalue weighted by molar-refractivity contribution is 7.90. The predicted octanol–water partition coefficient (Wildman–Crippen LogP) is 1.33. The monoisotopic (exact) mass is 313 g/mol. The molecule has 0 spiro atoms. The second-order valence-electron chi connectivity index (χ2n) is 5.43. The Balaban J connectivity index is 1.92. The third kappa shape index (κ3) is 5.07. The van der Waals surface area contributed by atoms with E-state index in [0.29, 0.717) is 11.5 Å². The van der Waals surface area contributed by atoms with Crippen molar-refractivity contribution in [1.82, 2.24) is 4.90 Å². The van der Waals surface area contributed by atoms with Gasteiger partial charge in [-0.15, -0.1) is 0 Å². The van der Waals surface area contributed by atoms with Crippen LogP contribution in [-0.4, -0.2) is 59.1 Å². The molecule has 0 bridgehead atoms. The van der Waals surface area contributed by atoms with E-state index in [9.17, 15) is 8.42 Å². The van der Waals surface area contributed by atoms with Crippen molar-refractivity contribution in [2.24, 2.45) is 0 Å². The number of hydrogen-bond acceptors (Lipinski definition) is 5. The fourth-order valence-electron chi connectivity index (χ4n) is 2.45. The lowest BCUT2D eigenvalue weighted by Crippen LogP contribution is -2.42. The van der Waals surface area contributed by atoms with Crippen LogP contribution in [0.15, 0.2) is 29.2 Å². The highest BCUT2D eigenvalue weighted by Gasteiger charge is 2.20. The van der Waals surface area contributed by atoms with Crippen LogP contribution in [0.3, 0.4) is 0 Å². The number of benzene rings is 1. The van der Waals surface area contributed by atoms with E-state index in [1.54, 1.807) is 19.2 Å². The summed E-state index contributed by atoms with van der Waals surface area (Å²) in [4.78, 5) is 2.70. The summed E-state index contributed by atoms with van der Waals surface area (Å²) in [6.45, 7) is 4.04. The SMILES string of the molecule is COCC[C@@H]1CN(Cc2ccc(S(C)(=O)=O)cc2)CCO1. The van der Waals surface area contributed by atoms with E-state index in [0.717, 1.165) is 38.2 Å². The van der Waals surface area contributed by atoms with Gasteiger partial charge in [-0.1, -0.05) is 12.1 Å². The van der Waals surface area contributed by atoms with Crippen LogP contribution in [0.4, 0.5) is 0 Å². The third-order valence-electron chi connectivity index (χ3n) is 3.62. The van der Waals surface area contributed by atoms with Gasteiger partial charge in [0.05, 0.1) is 17.6 Å². The second kappa shape index (κ2) is 7.35. The van der Waals surface area contributed by atoms with Crippen molar-refractivity contribution in [2.75, 3.05) is 39.7 Å². The molecule has 5 nitrogen and oxygen atoms in total. The van der Waals surface area contributed by atoms with Crippen molar-refractivity contribution in [3.63, 3.8) is 0 Å². The number of methoxy groups -OCH3 is 1. The normalized spacial score (nSPS) is 20.6. The summed E-state index contributed by atoms with van der Waals surface area (Å²) < 4.78 is 33.7. The molecule has 0 aromatic heterocycles.